The van der Waals surface area contributed by atoms with Crippen LogP contribution in [0, 0.1) is 12.8 Å². The third kappa shape index (κ3) is 4.56. The Bertz CT molecular complexity index is 1100. The molecule has 0 fully saturated rings. The molecular weight excluding hydrogens is 394 g/mol. The van der Waals surface area contributed by atoms with Crippen LogP contribution in [0.2, 0.25) is 0 Å². The average Bonchev–Trinajstić information content (AvgIpc) is 3.09. The minimum atomic E-state index is -0.571. The van der Waals surface area contributed by atoms with Crippen molar-refractivity contribution in [2.75, 3.05) is 19.5 Å². The third-order valence-electron chi connectivity index (χ3n) is 4.41. The molecule has 8 nitrogen and oxygen atoms in total. The minimum absolute atomic E-state index is 0.140. The van der Waals surface area contributed by atoms with Crippen LogP contribution < -0.4 is 20.4 Å². The molecule has 1 amide bonds. The molecule has 0 bridgehead atoms. The molecule has 0 radical (unpaired) electrons. The molecule has 154 valence electrons. The van der Waals surface area contributed by atoms with Crippen LogP contribution >= 0.6 is 11.3 Å². The fraction of sp³-hybridized carbons (Fsp3) is 0.400. The quantitative estimate of drug-likeness (QED) is 0.588. The SMILES string of the molecule is COc1cc(OC)c2c(C)c(CC(=O)Nc3nnc(CC(C)C)s3)c(=O)oc2c1. The molecule has 2 aromatic heterocycles. The third-order valence-corrected chi connectivity index (χ3v) is 5.27. The maximum Gasteiger partial charge on any atom is 0.340 e. The number of ether oxygens (including phenoxy) is 2. The first-order chi connectivity index (χ1) is 13.8. The first-order valence-electron chi connectivity index (χ1n) is 9.13. The molecule has 0 spiro atoms. The number of benzene rings is 1. The largest absolute Gasteiger partial charge is 0.496 e. The Balaban J connectivity index is 1.88. The highest BCUT2D eigenvalue weighted by Gasteiger charge is 2.19. The van der Waals surface area contributed by atoms with Crippen LogP contribution in [0.1, 0.15) is 30.0 Å². The zero-order chi connectivity index (χ0) is 21.1. The normalized spacial score (nSPS) is 11.1. The summed E-state index contributed by atoms with van der Waals surface area (Å²) in [6.45, 7) is 5.94. The second-order valence-corrected chi connectivity index (χ2v) is 8.08. The van der Waals surface area contributed by atoms with Gasteiger partial charge in [-0.15, -0.1) is 10.2 Å². The molecular formula is C20H23N3O5S. The molecule has 0 aliphatic carbocycles. The molecule has 0 saturated carbocycles. The molecule has 2 heterocycles. The van der Waals surface area contributed by atoms with Gasteiger partial charge in [0.15, 0.2) is 0 Å². The number of carbonyl (C=O) groups is 1. The number of carbonyl (C=O) groups excluding carboxylic acids is 1. The maximum atomic E-state index is 12.5. The van der Waals surface area contributed by atoms with E-state index in [9.17, 15) is 9.59 Å². The molecule has 3 aromatic rings. The Hall–Kier alpha value is -2.94. The number of hydrogen-bond donors (Lipinski definition) is 1. The topological polar surface area (TPSA) is 104 Å². The predicted molar refractivity (Wildman–Crippen MR) is 111 cm³/mol. The van der Waals surface area contributed by atoms with Gasteiger partial charge in [0.1, 0.15) is 22.1 Å². The summed E-state index contributed by atoms with van der Waals surface area (Å²) in [6.07, 6.45) is 0.655. The summed E-state index contributed by atoms with van der Waals surface area (Å²) in [6, 6.07) is 3.32. The van der Waals surface area contributed by atoms with Gasteiger partial charge in [-0.05, 0) is 18.4 Å². The fourth-order valence-electron chi connectivity index (χ4n) is 3.02. The maximum absolute atomic E-state index is 12.5. The summed E-state index contributed by atoms with van der Waals surface area (Å²) >= 11 is 1.33. The van der Waals surface area contributed by atoms with E-state index >= 15 is 0 Å². The number of rotatable bonds is 7. The first-order valence-corrected chi connectivity index (χ1v) is 9.94. The minimum Gasteiger partial charge on any atom is -0.496 e. The van der Waals surface area contributed by atoms with Crippen molar-refractivity contribution in [2.24, 2.45) is 5.92 Å². The highest BCUT2D eigenvalue weighted by Crippen LogP contribution is 2.33. The smallest absolute Gasteiger partial charge is 0.340 e. The van der Waals surface area contributed by atoms with Crippen molar-refractivity contribution in [1.29, 1.82) is 0 Å². The lowest BCUT2D eigenvalue weighted by Gasteiger charge is -2.12. The van der Waals surface area contributed by atoms with Crippen molar-refractivity contribution in [3.05, 3.63) is 38.7 Å². The standard InChI is InChI=1S/C20H23N3O5S/c1-10(2)6-17-22-23-20(29-17)21-16(24)9-13-11(3)18-14(27-5)7-12(26-4)8-15(18)28-19(13)25/h7-8,10H,6,9H2,1-5H3,(H,21,23,24). The average molecular weight is 417 g/mol. The Morgan fingerprint density at radius 1 is 1.24 bits per heavy atom. The molecule has 1 aromatic carbocycles. The Morgan fingerprint density at radius 2 is 2.00 bits per heavy atom. The summed E-state index contributed by atoms with van der Waals surface area (Å²) in [4.78, 5) is 25.0. The van der Waals surface area contributed by atoms with Crippen LogP contribution in [-0.4, -0.2) is 30.3 Å². The molecule has 0 unspecified atom stereocenters. The monoisotopic (exact) mass is 417 g/mol. The molecule has 3 rings (SSSR count). The van der Waals surface area contributed by atoms with E-state index < -0.39 is 5.63 Å². The highest BCUT2D eigenvalue weighted by atomic mass is 32.1. The van der Waals surface area contributed by atoms with Gasteiger partial charge in [0.05, 0.1) is 31.6 Å². The van der Waals surface area contributed by atoms with Gasteiger partial charge in [0.2, 0.25) is 11.0 Å². The van der Waals surface area contributed by atoms with E-state index in [1.54, 1.807) is 19.1 Å². The van der Waals surface area contributed by atoms with Crippen LogP contribution in [0.3, 0.4) is 0 Å². The highest BCUT2D eigenvalue weighted by molar-refractivity contribution is 7.15. The van der Waals surface area contributed by atoms with Gasteiger partial charge in [-0.1, -0.05) is 25.2 Å². The summed E-state index contributed by atoms with van der Waals surface area (Å²) < 4.78 is 16.1. The van der Waals surface area contributed by atoms with Crippen molar-refractivity contribution >= 4 is 33.3 Å². The number of aromatic nitrogens is 2. The Morgan fingerprint density at radius 3 is 2.66 bits per heavy atom. The molecule has 9 heteroatoms. The van der Waals surface area contributed by atoms with E-state index in [4.69, 9.17) is 13.9 Å². The van der Waals surface area contributed by atoms with Crippen LogP contribution in [-0.2, 0) is 17.6 Å². The molecule has 0 aliphatic heterocycles. The molecule has 29 heavy (non-hydrogen) atoms. The van der Waals surface area contributed by atoms with E-state index in [1.807, 2.05) is 0 Å². The van der Waals surface area contributed by atoms with Gasteiger partial charge < -0.3 is 19.2 Å². The summed E-state index contributed by atoms with van der Waals surface area (Å²) in [5.74, 6) is 1.10. The number of amides is 1. The van der Waals surface area contributed by atoms with Gasteiger partial charge in [-0.2, -0.15) is 0 Å². The second-order valence-electron chi connectivity index (χ2n) is 7.02. The number of fused-ring (bicyclic) bond motifs is 1. The number of hydrogen-bond acceptors (Lipinski definition) is 8. The van der Waals surface area contributed by atoms with Gasteiger partial charge in [0, 0.05) is 18.6 Å². The second kappa shape index (κ2) is 8.60. The molecule has 0 saturated heterocycles. The molecule has 1 N–H and O–H groups in total. The number of aryl methyl sites for hydroxylation is 1. The zero-order valence-electron chi connectivity index (χ0n) is 17.0. The van der Waals surface area contributed by atoms with Gasteiger partial charge in [0.25, 0.3) is 0 Å². The number of nitrogens with zero attached hydrogens (tertiary/aromatic N) is 2. The van der Waals surface area contributed by atoms with E-state index in [0.717, 1.165) is 11.4 Å². The van der Waals surface area contributed by atoms with E-state index in [0.29, 0.717) is 39.1 Å². The van der Waals surface area contributed by atoms with Crippen LogP contribution in [0.4, 0.5) is 5.13 Å². The lowest BCUT2D eigenvalue weighted by Crippen LogP contribution is -2.20. The Kier molecular flexibility index (Phi) is 6.17. The lowest BCUT2D eigenvalue weighted by atomic mass is 10.0. The van der Waals surface area contributed by atoms with E-state index in [-0.39, 0.29) is 17.9 Å². The zero-order valence-corrected chi connectivity index (χ0v) is 17.8. The number of methoxy groups -OCH3 is 2. The first kappa shape index (κ1) is 20.8. The van der Waals surface area contributed by atoms with Crippen LogP contribution in [0.5, 0.6) is 11.5 Å². The van der Waals surface area contributed by atoms with Gasteiger partial charge in [-0.25, -0.2) is 4.79 Å². The van der Waals surface area contributed by atoms with Gasteiger partial charge in [-0.3, -0.25) is 4.79 Å². The predicted octanol–water partition coefficient (Wildman–Crippen LogP) is 3.35. The van der Waals surface area contributed by atoms with E-state index in [1.165, 1.54) is 25.6 Å². The fourth-order valence-corrected chi connectivity index (χ4v) is 3.99. The van der Waals surface area contributed by atoms with Gasteiger partial charge >= 0.3 is 5.63 Å². The van der Waals surface area contributed by atoms with Crippen LogP contribution in [0.15, 0.2) is 21.3 Å². The molecule has 0 aliphatic rings. The van der Waals surface area contributed by atoms with Crippen molar-refractivity contribution in [3.63, 3.8) is 0 Å². The number of anilines is 1. The lowest BCUT2D eigenvalue weighted by molar-refractivity contribution is -0.115. The molecule has 0 atom stereocenters. The summed E-state index contributed by atoms with van der Waals surface area (Å²) in [5, 5.41) is 12.7. The Labute approximate surface area is 171 Å². The number of nitrogens with one attached hydrogen (secondary N) is 1. The van der Waals surface area contributed by atoms with Crippen molar-refractivity contribution in [3.8, 4) is 11.5 Å². The van der Waals surface area contributed by atoms with E-state index in [2.05, 4.69) is 29.4 Å². The van der Waals surface area contributed by atoms with Crippen molar-refractivity contribution < 1.29 is 18.7 Å². The summed E-state index contributed by atoms with van der Waals surface area (Å²) in [7, 11) is 3.04. The summed E-state index contributed by atoms with van der Waals surface area (Å²) in [5.41, 5.74) is 0.669. The van der Waals surface area contributed by atoms with Crippen LogP contribution in [0.25, 0.3) is 11.0 Å². The van der Waals surface area contributed by atoms with Crippen molar-refractivity contribution in [2.45, 2.75) is 33.6 Å². The van der Waals surface area contributed by atoms with Crippen molar-refractivity contribution in [1.82, 2.24) is 10.2 Å².